The molecule has 0 aliphatic rings. The lowest BCUT2D eigenvalue weighted by molar-refractivity contribution is 0.538. The molecule has 1 atom stereocenters. The summed E-state index contributed by atoms with van der Waals surface area (Å²) in [6.45, 7) is 3.46. The Morgan fingerprint density at radius 1 is 1.23 bits per heavy atom. The molecule has 2 heterocycles. The third kappa shape index (κ3) is 4.03. The predicted molar refractivity (Wildman–Crippen MR) is 106 cm³/mol. The van der Waals surface area contributed by atoms with E-state index in [0.717, 1.165) is 66.4 Å². The Kier molecular flexibility index (Phi) is 6.18. The van der Waals surface area contributed by atoms with Crippen molar-refractivity contribution in [3.63, 3.8) is 0 Å². The fraction of sp³-hybridized carbons (Fsp3) is 0.444. The van der Waals surface area contributed by atoms with Crippen LogP contribution < -0.4 is 10.5 Å². The van der Waals surface area contributed by atoms with Gasteiger partial charge in [-0.1, -0.05) is 31.5 Å². The van der Waals surface area contributed by atoms with Gasteiger partial charge in [-0.25, -0.2) is 18.9 Å². The number of fused-ring (bicyclic) bond motifs is 3. The van der Waals surface area contributed by atoms with Crippen molar-refractivity contribution < 1.29 is 8.76 Å². The SMILES string of the molecule is CCCCc1nc2c(N)nc3ccccc3c2n1CCCCNS(=O)O. The second-order valence-electron chi connectivity index (χ2n) is 6.35. The second-order valence-corrected chi connectivity index (χ2v) is 7.13. The minimum absolute atomic E-state index is 0.465. The summed E-state index contributed by atoms with van der Waals surface area (Å²) < 4.78 is 24.3. The largest absolute Gasteiger partial charge is 0.382 e. The van der Waals surface area contributed by atoms with Crippen LogP contribution in [0, 0.1) is 0 Å². The molecule has 26 heavy (non-hydrogen) atoms. The van der Waals surface area contributed by atoms with Crippen molar-refractivity contribution in [2.45, 2.75) is 45.6 Å². The number of nitrogens with one attached hydrogen (secondary N) is 1. The summed E-state index contributed by atoms with van der Waals surface area (Å²) in [7, 11) is 0. The summed E-state index contributed by atoms with van der Waals surface area (Å²) >= 11 is -1.95. The smallest absolute Gasteiger partial charge is 0.231 e. The summed E-state index contributed by atoms with van der Waals surface area (Å²) in [6.07, 6.45) is 4.75. The van der Waals surface area contributed by atoms with Gasteiger partial charge in [0.25, 0.3) is 0 Å². The Morgan fingerprint density at radius 3 is 2.81 bits per heavy atom. The van der Waals surface area contributed by atoms with Crippen molar-refractivity contribution in [3.8, 4) is 0 Å². The van der Waals surface area contributed by atoms with Crippen LogP contribution in [0.1, 0.15) is 38.4 Å². The van der Waals surface area contributed by atoms with E-state index in [1.54, 1.807) is 0 Å². The summed E-state index contributed by atoms with van der Waals surface area (Å²) in [5, 5.41) is 1.06. The molecule has 0 fully saturated rings. The van der Waals surface area contributed by atoms with E-state index in [2.05, 4.69) is 27.3 Å². The van der Waals surface area contributed by atoms with Crippen molar-refractivity contribution in [3.05, 3.63) is 30.1 Å². The Morgan fingerprint density at radius 2 is 2.04 bits per heavy atom. The highest BCUT2D eigenvalue weighted by atomic mass is 32.2. The third-order valence-corrected chi connectivity index (χ3v) is 4.93. The number of hydrogen-bond acceptors (Lipinski definition) is 4. The van der Waals surface area contributed by atoms with Crippen LogP contribution in [-0.2, 0) is 24.2 Å². The fourth-order valence-corrected chi connectivity index (χ4v) is 3.54. The Labute approximate surface area is 155 Å². The maximum absolute atomic E-state index is 10.7. The van der Waals surface area contributed by atoms with Gasteiger partial charge in [0, 0.05) is 24.9 Å². The monoisotopic (exact) mass is 375 g/mol. The standard InChI is InChI=1S/C18H25N5O2S/c1-2-3-10-15-22-16-17(23(15)12-7-6-11-20-26(24)25)13-8-4-5-9-14(13)21-18(16)19/h4-5,8-9,20H,2-3,6-7,10-12H2,1H3,(H2,19,21)(H,24,25). The van der Waals surface area contributed by atoms with Gasteiger partial charge in [-0.2, -0.15) is 0 Å². The fourth-order valence-electron chi connectivity index (χ4n) is 3.23. The molecule has 4 N–H and O–H groups in total. The molecule has 0 spiro atoms. The van der Waals surface area contributed by atoms with E-state index >= 15 is 0 Å². The van der Waals surface area contributed by atoms with Gasteiger partial charge >= 0.3 is 0 Å². The highest BCUT2D eigenvalue weighted by Crippen LogP contribution is 2.29. The molecule has 1 unspecified atom stereocenters. The summed E-state index contributed by atoms with van der Waals surface area (Å²) in [6, 6.07) is 7.99. The van der Waals surface area contributed by atoms with Gasteiger partial charge in [-0.05, 0) is 25.3 Å². The maximum atomic E-state index is 10.7. The Bertz CT molecular complexity index is 925. The molecule has 8 heteroatoms. The normalized spacial score (nSPS) is 12.8. The zero-order valence-corrected chi connectivity index (χ0v) is 15.8. The predicted octanol–water partition coefficient (Wildman–Crippen LogP) is 3.02. The number of anilines is 1. The zero-order chi connectivity index (χ0) is 18.5. The molecule has 1 aromatic carbocycles. The number of para-hydroxylation sites is 1. The lowest BCUT2D eigenvalue weighted by Crippen LogP contribution is -2.17. The number of pyridine rings is 1. The number of nitrogen functional groups attached to an aromatic ring is 1. The van der Waals surface area contributed by atoms with Crippen molar-refractivity contribution in [2.75, 3.05) is 12.3 Å². The van der Waals surface area contributed by atoms with E-state index in [9.17, 15) is 4.21 Å². The van der Waals surface area contributed by atoms with Crippen LogP contribution >= 0.6 is 0 Å². The number of nitrogens with two attached hydrogens (primary N) is 1. The van der Waals surface area contributed by atoms with Crippen LogP contribution in [0.25, 0.3) is 21.9 Å². The van der Waals surface area contributed by atoms with E-state index in [-0.39, 0.29) is 0 Å². The van der Waals surface area contributed by atoms with E-state index < -0.39 is 11.3 Å². The average Bonchev–Trinajstić information content (AvgIpc) is 2.99. The van der Waals surface area contributed by atoms with Crippen LogP contribution in [0.15, 0.2) is 24.3 Å². The number of nitrogens with zero attached hydrogens (tertiary/aromatic N) is 3. The molecule has 0 aliphatic heterocycles. The van der Waals surface area contributed by atoms with Crippen LogP contribution in [0.5, 0.6) is 0 Å². The molecule has 3 aromatic rings. The number of imidazole rings is 1. The average molecular weight is 375 g/mol. The minimum atomic E-state index is -1.95. The summed E-state index contributed by atoms with van der Waals surface area (Å²) in [5.74, 6) is 1.50. The van der Waals surface area contributed by atoms with Crippen LogP contribution in [0.2, 0.25) is 0 Å². The van der Waals surface area contributed by atoms with E-state index in [4.69, 9.17) is 15.3 Å². The lowest BCUT2D eigenvalue weighted by atomic mass is 10.2. The number of aromatic nitrogens is 3. The summed E-state index contributed by atoms with van der Waals surface area (Å²) in [4.78, 5) is 9.30. The van der Waals surface area contributed by atoms with Gasteiger partial charge in [-0.15, -0.1) is 0 Å². The third-order valence-electron chi connectivity index (χ3n) is 4.48. The van der Waals surface area contributed by atoms with Gasteiger partial charge < -0.3 is 10.3 Å². The zero-order valence-electron chi connectivity index (χ0n) is 14.9. The summed E-state index contributed by atoms with van der Waals surface area (Å²) in [5.41, 5.74) is 8.87. The number of rotatable bonds is 9. The molecular weight excluding hydrogens is 350 g/mol. The number of hydrogen-bond donors (Lipinski definition) is 3. The van der Waals surface area contributed by atoms with Crippen LogP contribution in [-0.4, -0.2) is 29.8 Å². The topological polar surface area (TPSA) is 106 Å². The van der Waals surface area contributed by atoms with E-state index in [1.807, 2.05) is 18.2 Å². The molecule has 0 aliphatic carbocycles. The molecule has 0 bridgehead atoms. The van der Waals surface area contributed by atoms with E-state index in [0.29, 0.717) is 12.4 Å². The molecule has 3 rings (SSSR count). The Balaban J connectivity index is 1.97. The highest BCUT2D eigenvalue weighted by Gasteiger charge is 2.16. The van der Waals surface area contributed by atoms with Crippen molar-refractivity contribution in [1.82, 2.24) is 19.3 Å². The van der Waals surface area contributed by atoms with Crippen molar-refractivity contribution in [2.24, 2.45) is 0 Å². The molecule has 0 saturated carbocycles. The molecule has 0 saturated heterocycles. The number of aryl methyl sites for hydroxylation is 2. The van der Waals surface area contributed by atoms with E-state index in [1.165, 1.54) is 0 Å². The molecular formula is C18H25N5O2S. The Hall–Kier alpha value is -2.03. The first-order valence-electron chi connectivity index (χ1n) is 8.99. The first-order valence-corrected chi connectivity index (χ1v) is 10.1. The molecule has 0 radical (unpaired) electrons. The van der Waals surface area contributed by atoms with Gasteiger partial charge in [0.15, 0.2) is 5.82 Å². The molecule has 140 valence electrons. The molecule has 0 amide bonds. The molecule has 7 nitrogen and oxygen atoms in total. The first kappa shape index (κ1) is 18.8. The number of benzene rings is 1. The quantitative estimate of drug-likeness (QED) is 0.394. The van der Waals surface area contributed by atoms with Gasteiger partial charge in [-0.3, -0.25) is 4.55 Å². The first-order chi connectivity index (χ1) is 12.6. The van der Waals surface area contributed by atoms with Gasteiger partial charge in [0.2, 0.25) is 11.3 Å². The van der Waals surface area contributed by atoms with Crippen molar-refractivity contribution >= 4 is 39.0 Å². The van der Waals surface area contributed by atoms with Crippen LogP contribution in [0.3, 0.4) is 0 Å². The minimum Gasteiger partial charge on any atom is -0.382 e. The second kappa shape index (κ2) is 8.57. The van der Waals surface area contributed by atoms with Gasteiger partial charge in [0.05, 0.1) is 11.0 Å². The van der Waals surface area contributed by atoms with Gasteiger partial charge in [0.1, 0.15) is 11.3 Å². The van der Waals surface area contributed by atoms with Crippen molar-refractivity contribution in [1.29, 1.82) is 0 Å². The maximum Gasteiger partial charge on any atom is 0.231 e. The molecule has 2 aromatic heterocycles. The van der Waals surface area contributed by atoms with Crippen LogP contribution in [0.4, 0.5) is 5.82 Å². The number of unbranched alkanes of at least 4 members (excludes halogenated alkanes) is 2. The lowest BCUT2D eigenvalue weighted by Gasteiger charge is -2.11. The highest BCUT2D eigenvalue weighted by molar-refractivity contribution is 7.77.